The van der Waals surface area contributed by atoms with Crippen molar-refractivity contribution in [3.63, 3.8) is 0 Å². The molecule has 0 spiro atoms. The number of ether oxygens (including phenoxy) is 2. The van der Waals surface area contributed by atoms with Crippen molar-refractivity contribution in [3.8, 4) is 0 Å². The first-order valence-electron chi connectivity index (χ1n) is 12.9. The van der Waals surface area contributed by atoms with Gasteiger partial charge in [-0.15, -0.1) is 0 Å². The fourth-order valence-electron chi connectivity index (χ4n) is 5.24. The van der Waals surface area contributed by atoms with Crippen LogP contribution in [-0.2, 0) is 19.1 Å². The van der Waals surface area contributed by atoms with E-state index in [-0.39, 0.29) is 25.0 Å². The first-order chi connectivity index (χ1) is 19.5. The normalized spacial score (nSPS) is 23.1. The number of fused-ring (bicyclic) bond motifs is 2. The van der Waals surface area contributed by atoms with Gasteiger partial charge in [0, 0.05) is 41.2 Å². The highest BCUT2D eigenvalue weighted by Gasteiger charge is 2.42. The fraction of sp³-hybridized carbons (Fsp3) is 0.241. The van der Waals surface area contributed by atoms with E-state index in [1.165, 1.54) is 4.90 Å². The smallest absolute Gasteiger partial charge is 0.305 e. The molecule has 3 unspecified atom stereocenters. The van der Waals surface area contributed by atoms with Crippen LogP contribution in [0.2, 0.25) is 0 Å². The monoisotopic (exact) mass is 541 g/mol. The summed E-state index contributed by atoms with van der Waals surface area (Å²) in [5.41, 5.74) is 3.16. The molecule has 204 valence electrons. The van der Waals surface area contributed by atoms with Gasteiger partial charge in [0.2, 0.25) is 12.7 Å². The standard InChI is InChI=1S/C29H27N5O6/c35-26(36)13-24(21-2-1-3-25-23(21)15-39-16-40-25)34-14-18-6-9-20(12-22(18)28(34)38)32-27(37)17-4-7-19(8-5-17)33-29-30-10-11-31-29/h1-9,12,14-15,21-22,24H,10-11,13,16H2,(H,32,37)(H,35,36)(H2,30,31,33). The minimum absolute atomic E-state index is 0.0760. The van der Waals surface area contributed by atoms with E-state index in [0.29, 0.717) is 28.6 Å². The van der Waals surface area contributed by atoms with Crippen LogP contribution in [-0.4, -0.2) is 59.7 Å². The van der Waals surface area contributed by atoms with E-state index in [0.717, 1.165) is 24.4 Å². The summed E-state index contributed by atoms with van der Waals surface area (Å²) in [6.45, 7) is 1.59. The Balaban J connectivity index is 1.16. The van der Waals surface area contributed by atoms with Crippen molar-refractivity contribution in [2.24, 2.45) is 16.8 Å². The number of allylic oxidation sites excluding steroid dienone is 5. The zero-order valence-corrected chi connectivity index (χ0v) is 21.4. The lowest BCUT2D eigenvalue weighted by atomic mass is 9.84. The van der Waals surface area contributed by atoms with Gasteiger partial charge >= 0.3 is 5.97 Å². The lowest BCUT2D eigenvalue weighted by molar-refractivity contribution is -0.140. The van der Waals surface area contributed by atoms with Crippen molar-refractivity contribution < 1.29 is 29.0 Å². The van der Waals surface area contributed by atoms with E-state index >= 15 is 0 Å². The largest absolute Gasteiger partial charge is 0.481 e. The van der Waals surface area contributed by atoms with Crippen molar-refractivity contribution in [1.29, 1.82) is 0 Å². The molecule has 3 atom stereocenters. The summed E-state index contributed by atoms with van der Waals surface area (Å²) >= 11 is 0. The van der Waals surface area contributed by atoms with Gasteiger partial charge < -0.3 is 35.4 Å². The number of carbonyl (C=O) groups is 3. The number of aliphatic carboxylic acids is 1. The molecule has 0 radical (unpaired) electrons. The zero-order valence-electron chi connectivity index (χ0n) is 21.4. The number of benzene rings is 1. The number of nitrogens with one attached hydrogen (secondary N) is 3. The van der Waals surface area contributed by atoms with Gasteiger partial charge in [-0.25, -0.2) is 0 Å². The number of nitrogens with zero attached hydrogens (tertiary/aromatic N) is 2. The van der Waals surface area contributed by atoms with Gasteiger partial charge in [-0.05, 0) is 48.1 Å². The Morgan fingerprint density at radius 2 is 2.08 bits per heavy atom. The van der Waals surface area contributed by atoms with E-state index < -0.39 is 23.8 Å². The van der Waals surface area contributed by atoms with Crippen molar-refractivity contribution in [3.05, 3.63) is 101 Å². The number of carboxylic acids is 1. The molecule has 6 rings (SSSR count). The maximum atomic E-state index is 13.6. The Morgan fingerprint density at radius 1 is 1.23 bits per heavy atom. The molecule has 2 aliphatic carbocycles. The Hall–Kier alpha value is -5.06. The topological polar surface area (TPSA) is 142 Å². The molecule has 11 nitrogen and oxygen atoms in total. The average molecular weight is 542 g/mol. The number of hydrogen-bond donors (Lipinski definition) is 4. The van der Waals surface area contributed by atoms with Crippen LogP contribution in [0.25, 0.3) is 0 Å². The van der Waals surface area contributed by atoms with E-state index in [9.17, 15) is 19.5 Å². The summed E-state index contributed by atoms with van der Waals surface area (Å²) in [5.74, 6) is -1.37. The summed E-state index contributed by atoms with van der Waals surface area (Å²) in [5, 5.41) is 18.8. The molecule has 0 saturated heterocycles. The summed E-state index contributed by atoms with van der Waals surface area (Å²) in [6.07, 6.45) is 13.6. The van der Waals surface area contributed by atoms with Crippen molar-refractivity contribution in [2.45, 2.75) is 12.5 Å². The minimum atomic E-state index is -1.03. The van der Waals surface area contributed by atoms with E-state index in [4.69, 9.17) is 9.47 Å². The highest BCUT2D eigenvalue weighted by molar-refractivity contribution is 5.98. The van der Waals surface area contributed by atoms with Crippen molar-refractivity contribution in [2.75, 3.05) is 25.2 Å². The van der Waals surface area contributed by atoms with Crippen LogP contribution in [0.5, 0.6) is 0 Å². The molecule has 40 heavy (non-hydrogen) atoms. The fourth-order valence-corrected chi connectivity index (χ4v) is 5.24. The molecule has 4 N–H and O–H groups in total. The van der Waals surface area contributed by atoms with Gasteiger partial charge in [0.25, 0.3) is 5.91 Å². The molecular weight excluding hydrogens is 514 g/mol. The van der Waals surface area contributed by atoms with Crippen LogP contribution in [0, 0.1) is 11.8 Å². The zero-order chi connectivity index (χ0) is 27.6. The number of guanidine groups is 1. The first-order valence-corrected chi connectivity index (χ1v) is 12.9. The molecule has 1 aromatic carbocycles. The molecule has 3 heterocycles. The Labute approximate surface area is 229 Å². The van der Waals surface area contributed by atoms with Crippen molar-refractivity contribution in [1.82, 2.24) is 15.5 Å². The first kappa shape index (κ1) is 25.2. The summed E-state index contributed by atoms with van der Waals surface area (Å²) in [4.78, 5) is 44.1. The second-order valence-corrected chi connectivity index (χ2v) is 9.73. The third-order valence-electron chi connectivity index (χ3n) is 7.17. The predicted octanol–water partition coefficient (Wildman–Crippen LogP) is 2.38. The van der Waals surface area contributed by atoms with Gasteiger partial charge in [0.15, 0.2) is 5.96 Å². The molecule has 3 aliphatic heterocycles. The summed E-state index contributed by atoms with van der Waals surface area (Å²) in [6, 6.07) is 6.30. The van der Waals surface area contributed by atoms with Gasteiger partial charge in [-0.1, -0.05) is 18.2 Å². The van der Waals surface area contributed by atoms with Crippen LogP contribution in [0.3, 0.4) is 0 Å². The van der Waals surface area contributed by atoms with Crippen molar-refractivity contribution >= 4 is 29.4 Å². The van der Waals surface area contributed by atoms with E-state index in [1.807, 2.05) is 6.08 Å². The highest BCUT2D eigenvalue weighted by atomic mass is 16.7. The predicted molar refractivity (Wildman–Crippen MR) is 145 cm³/mol. The summed E-state index contributed by atoms with van der Waals surface area (Å²) < 4.78 is 10.9. The molecule has 2 amide bonds. The Kier molecular flexibility index (Phi) is 6.69. The lowest BCUT2D eigenvalue weighted by Gasteiger charge is -2.35. The molecular formula is C29H27N5O6. The number of hydrogen-bond acceptors (Lipinski definition) is 8. The molecule has 0 fully saturated rings. The molecule has 1 aromatic rings. The second kappa shape index (κ2) is 10.6. The number of anilines is 1. The number of carbonyl (C=O) groups excluding carboxylic acids is 2. The molecule has 5 aliphatic rings. The number of rotatable bonds is 7. The van der Waals surface area contributed by atoms with Crippen LogP contribution >= 0.6 is 0 Å². The lowest BCUT2D eigenvalue weighted by Crippen LogP contribution is -2.43. The maximum Gasteiger partial charge on any atom is 0.305 e. The minimum Gasteiger partial charge on any atom is -0.481 e. The quantitative estimate of drug-likeness (QED) is 0.412. The van der Waals surface area contributed by atoms with Crippen LogP contribution < -0.4 is 16.0 Å². The SMILES string of the molecule is O=C(O)CC(C1C=CC=C2OCOC=C21)N1C=C2C=CC(NC(=O)c3ccc(NC4=NCCN4)cc3)=CC2C1=O. The summed E-state index contributed by atoms with van der Waals surface area (Å²) in [7, 11) is 0. The molecule has 11 heteroatoms. The third kappa shape index (κ3) is 5.00. The molecule has 0 aromatic heterocycles. The third-order valence-corrected chi connectivity index (χ3v) is 7.17. The van der Waals surface area contributed by atoms with Gasteiger partial charge in [0.05, 0.1) is 31.2 Å². The van der Waals surface area contributed by atoms with Crippen LogP contribution in [0.15, 0.2) is 101 Å². The molecule has 0 saturated carbocycles. The van der Waals surface area contributed by atoms with E-state index in [1.54, 1.807) is 67.1 Å². The number of amides is 2. The highest BCUT2D eigenvalue weighted by Crippen LogP contribution is 2.39. The number of carboxylic acid groups (broad SMARTS) is 1. The Bertz CT molecular complexity index is 1470. The number of aliphatic imine (C=N–C) groups is 1. The van der Waals surface area contributed by atoms with E-state index in [2.05, 4.69) is 20.9 Å². The second-order valence-electron chi connectivity index (χ2n) is 9.73. The maximum absolute atomic E-state index is 13.6. The van der Waals surface area contributed by atoms with Gasteiger partial charge in [-0.2, -0.15) is 0 Å². The van der Waals surface area contributed by atoms with Crippen LogP contribution in [0.4, 0.5) is 5.69 Å². The molecule has 0 bridgehead atoms. The van der Waals surface area contributed by atoms with Gasteiger partial charge in [0.1, 0.15) is 5.76 Å². The van der Waals surface area contributed by atoms with Crippen LogP contribution in [0.1, 0.15) is 16.8 Å². The average Bonchev–Trinajstić information content (AvgIpc) is 3.59. The van der Waals surface area contributed by atoms with Gasteiger partial charge in [-0.3, -0.25) is 19.4 Å². The Morgan fingerprint density at radius 3 is 2.85 bits per heavy atom.